The third-order valence-electron chi connectivity index (χ3n) is 4.30. The molecule has 2 aromatic carbocycles. The first-order valence-corrected chi connectivity index (χ1v) is 8.66. The van der Waals surface area contributed by atoms with Crippen LogP contribution in [-0.2, 0) is 11.2 Å². The van der Waals surface area contributed by atoms with Crippen LogP contribution >= 0.6 is 0 Å². The monoisotopic (exact) mass is 337 g/mol. The molecule has 130 valence electrons. The minimum absolute atomic E-state index is 0.101. The SMILES string of the molecule is O=C(CN1CCN(c2ccccc2)C1=O)NCCCc1ccccc1. The van der Waals surface area contributed by atoms with Crippen molar-refractivity contribution in [1.82, 2.24) is 10.2 Å². The maximum absolute atomic E-state index is 12.4. The Morgan fingerprint density at radius 3 is 2.36 bits per heavy atom. The molecule has 1 aliphatic rings. The number of para-hydroxylation sites is 1. The predicted octanol–water partition coefficient (Wildman–Crippen LogP) is 2.68. The van der Waals surface area contributed by atoms with Gasteiger partial charge in [-0.3, -0.25) is 9.69 Å². The number of aryl methyl sites for hydroxylation is 1. The molecule has 0 bridgehead atoms. The van der Waals surface area contributed by atoms with Crippen LogP contribution < -0.4 is 10.2 Å². The van der Waals surface area contributed by atoms with Crippen molar-refractivity contribution in [2.45, 2.75) is 12.8 Å². The molecule has 5 heteroatoms. The molecule has 1 saturated heterocycles. The molecular weight excluding hydrogens is 314 g/mol. The van der Waals surface area contributed by atoms with Crippen LogP contribution in [-0.4, -0.2) is 43.0 Å². The fourth-order valence-electron chi connectivity index (χ4n) is 2.97. The average molecular weight is 337 g/mol. The third-order valence-corrected chi connectivity index (χ3v) is 4.30. The Morgan fingerprint density at radius 2 is 1.64 bits per heavy atom. The van der Waals surface area contributed by atoms with Crippen molar-refractivity contribution in [1.29, 1.82) is 0 Å². The van der Waals surface area contributed by atoms with Gasteiger partial charge in [0, 0.05) is 25.3 Å². The highest BCUT2D eigenvalue weighted by Crippen LogP contribution is 2.19. The van der Waals surface area contributed by atoms with Crippen LogP contribution in [0.15, 0.2) is 60.7 Å². The summed E-state index contributed by atoms with van der Waals surface area (Å²) in [5.41, 5.74) is 2.14. The lowest BCUT2D eigenvalue weighted by Crippen LogP contribution is -2.40. The molecule has 3 rings (SSSR count). The first-order chi connectivity index (χ1) is 12.2. The van der Waals surface area contributed by atoms with E-state index in [0.29, 0.717) is 19.6 Å². The third kappa shape index (κ3) is 4.59. The molecule has 0 atom stereocenters. The first-order valence-electron chi connectivity index (χ1n) is 8.66. The number of nitrogens with one attached hydrogen (secondary N) is 1. The molecule has 3 amide bonds. The highest BCUT2D eigenvalue weighted by atomic mass is 16.2. The van der Waals surface area contributed by atoms with Crippen molar-refractivity contribution < 1.29 is 9.59 Å². The zero-order valence-electron chi connectivity index (χ0n) is 14.2. The Kier molecular flexibility index (Phi) is 5.67. The van der Waals surface area contributed by atoms with E-state index in [1.54, 1.807) is 9.80 Å². The largest absolute Gasteiger partial charge is 0.355 e. The first kappa shape index (κ1) is 17.0. The Hall–Kier alpha value is -2.82. The Bertz CT molecular complexity index is 703. The number of anilines is 1. The second-order valence-electron chi connectivity index (χ2n) is 6.13. The molecule has 1 fully saturated rings. The van der Waals surface area contributed by atoms with Crippen molar-refractivity contribution in [2.75, 3.05) is 31.1 Å². The number of carbonyl (C=O) groups is 2. The van der Waals surface area contributed by atoms with Gasteiger partial charge in [-0.2, -0.15) is 0 Å². The molecular formula is C20H23N3O2. The number of urea groups is 1. The van der Waals surface area contributed by atoms with Gasteiger partial charge in [0.15, 0.2) is 0 Å². The van der Waals surface area contributed by atoms with Gasteiger partial charge in [0.05, 0.1) is 0 Å². The van der Waals surface area contributed by atoms with Gasteiger partial charge in [-0.1, -0.05) is 48.5 Å². The van der Waals surface area contributed by atoms with E-state index in [1.807, 2.05) is 48.5 Å². The van der Waals surface area contributed by atoms with E-state index < -0.39 is 0 Å². The van der Waals surface area contributed by atoms with Gasteiger partial charge in [0.1, 0.15) is 6.54 Å². The van der Waals surface area contributed by atoms with Crippen molar-refractivity contribution in [3.05, 3.63) is 66.2 Å². The van der Waals surface area contributed by atoms with Crippen LogP contribution in [0.1, 0.15) is 12.0 Å². The lowest BCUT2D eigenvalue weighted by atomic mass is 10.1. The summed E-state index contributed by atoms with van der Waals surface area (Å²) >= 11 is 0. The van der Waals surface area contributed by atoms with Gasteiger partial charge in [0.25, 0.3) is 0 Å². The lowest BCUT2D eigenvalue weighted by Gasteiger charge is -2.18. The average Bonchev–Trinajstić information content (AvgIpc) is 3.01. The van der Waals surface area contributed by atoms with Crippen LogP contribution in [0.3, 0.4) is 0 Å². The fraction of sp³-hybridized carbons (Fsp3) is 0.300. The smallest absolute Gasteiger partial charge is 0.325 e. The van der Waals surface area contributed by atoms with Crippen LogP contribution in [0.2, 0.25) is 0 Å². The molecule has 1 N–H and O–H groups in total. The number of nitrogens with zero attached hydrogens (tertiary/aromatic N) is 2. The number of hydrogen-bond donors (Lipinski definition) is 1. The fourth-order valence-corrected chi connectivity index (χ4v) is 2.97. The molecule has 25 heavy (non-hydrogen) atoms. The predicted molar refractivity (Wildman–Crippen MR) is 98.5 cm³/mol. The molecule has 1 heterocycles. The molecule has 0 aliphatic carbocycles. The van der Waals surface area contributed by atoms with Crippen LogP contribution in [0.4, 0.5) is 10.5 Å². The van der Waals surface area contributed by atoms with Crippen LogP contribution in [0.5, 0.6) is 0 Å². The number of rotatable bonds is 7. The van der Waals surface area contributed by atoms with E-state index in [-0.39, 0.29) is 18.5 Å². The van der Waals surface area contributed by atoms with Crippen molar-refractivity contribution in [3.8, 4) is 0 Å². The zero-order chi connectivity index (χ0) is 17.5. The Balaban J connectivity index is 1.40. The number of carbonyl (C=O) groups excluding carboxylic acids is 2. The summed E-state index contributed by atoms with van der Waals surface area (Å²) in [6.07, 6.45) is 1.82. The van der Waals surface area contributed by atoms with Gasteiger partial charge in [-0.25, -0.2) is 4.79 Å². The summed E-state index contributed by atoms with van der Waals surface area (Å²) in [7, 11) is 0. The topological polar surface area (TPSA) is 52.7 Å². The maximum atomic E-state index is 12.4. The van der Waals surface area contributed by atoms with Gasteiger partial charge in [-0.15, -0.1) is 0 Å². The standard InChI is InChI=1S/C20H23N3O2/c24-19(21-13-7-10-17-8-3-1-4-9-17)16-22-14-15-23(20(22)25)18-11-5-2-6-12-18/h1-6,8-9,11-12H,7,10,13-16H2,(H,21,24). The van der Waals surface area contributed by atoms with Gasteiger partial charge >= 0.3 is 6.03 Å². The molecule has 0 aromatic heterocycles. The summed E-state index contributed by atoms with van der Waals surface area (Å²) < 4.78 is 0. The number of hydrogen-bond acceptors (Lipinski definition) is 2. The van der Waals surface area contributed by atoms with E-state index in [2.05, 4.69) is 17.4 Å². The van der Waals surface area contributed by atoms with E-state index in [0.717, 1.165) is 18.5 Å². The highest BCUT2D eigenvalue weighted by molar-refractivity contribution is 5.96. The molecule has 0 spiro atoms. The minimum atomic E-state index is -0.106. The quantitative estimate of drug-likeness (QED) is 0.790. The van der Waals surface area contributed by atoms with Crippen LogP contribution in [0, 0.1) is 0 Å². The van der Waals surface area contributed by atoms with E-state index in [1.165, 1.54) is 5.56 Å². The Morgan fingerprint density at radius 1 is 0.960 bits per heavy atom. The molecule has 0 unspecified atom stereocenters. The number of benzene rings is 2. The second-order valence-corrected chi connectivity index (χ2v) is 6.13. The van der Waals surface area contributed by atoms with Crippen molar-refractivity contribution >= 4 is 17.6 Å². The summed E-state index contributed by atoms with van der Waals surface area (Å²) in [5, 5.41) is 2.90. The molecule has 2 aromatic rings. The van der Waals surface area contributed by atoms with Crippen LogP contribution in [0.25, 0.3) is 0 Å². The lowest BCUT2D eigenvalue weighted by molar-refractivity contribution is -0.121. The molecule has 0 radical (unpaired) electrons. The summed E-state index contributed by atoms with van der Waals surface area (Å²) in [6, 6.07) is 19.7. The summed E-state index contributed by atoms with van der Waals surface area (Å²) in [4.78, 5) is 27.8. The summed E-state index contributed by atoms with van der Waals surface area (Å²) in [5.74, 6) is -0.101. The van der Waals surface area contributed by atoms with E-state index >= 15 is 0 Å². The molecule has 5 nitrogen and oxygen atoms in total. The van der Waals surface area contributed by atoms with Crippen molar-refractivity contribution in [3.63, 3.8) is 0 Å². The van der Waals surface area contributed by atoms with Gasteiger partial charge < -0.3 is 10.2 Å². The Labute approximate surface area is 148 Å². The zero-order valence-corrected chi connectivity index (χ0v) is 14.2. The number of amides is 3. The highest BCUT2D eigenvalue weighted by Gasteiger charge is 2.30. The maximum Gasteiger partial charge on any atom is 0.325 e. The normalized spacial score (nSPS) is 14.0. The van der Waals surface area contributed by atoms with Crippen molar-refractivity contribution in [2.24, 2.45) is 0 Å². The second kappa shape index (κ2) is 8.33. The minimum Gasteiger partial charge on any atom is -0.355 e. The van der Waals surface area contributed by atoms with Gasteiger partial charge in [0.2, 0.25) is 5.91 Å². The van der Waals surface area contributed by atoms with Gasteiger partial charge in [-0.05, 0) is 30.5 Å². The molecule has 0 saturated carbocycles. The van der Waals surface area contributed by atoms with E-state index in [4.69, 9.17) is 0 Å². The van der Waals surface area contributed by atoms with E-state index in [9.17, 15) is 9.59 Å². The molecule has 1 aliphatic heterocycles. The summed E-state index contributed by atoms with van der Waals surface area (Å²) in [6.45, 7) is 1.93.